The summed E-state index contributed by atoms with van der Waals surface area (Å²) in [6, 6.07) is 7.65. The van der Waals surface area contributed by atoms with Gasteiger partial charge in [-0.1, -0.05) is 12.1 Å². The summed E-state index contributed by atoms with van der Waals surface area (Å²) in [5.41, 5.74) is 2.17. The van der Waals surface area contributed by atoms with Crippen LogP contribution in [-0.4, -0.2) is 50.3 Å². The van der Waals surface area contributed by atoms with Gasteiger partial charge in [0.25, 0.3) is 5.91 Å². The van der Waals surface area contributed by atoms with Crippen molar-refractivity contribution in [2.75, 3.05) is 32.6 Å². The zero-order valence-electron chi connectivity index (χ0n) is 13.2. The highest BCUT2D eigenvalue weighted by Gasteiger charge is 2.33. The quantitative estimate of drug-likeness (QED) is 0.625. The smallest absolute Gasteiger partial charge is 0.359 e. The van der Waals surface area contributed by atoms with Crippen LogP contribution in [0.25, 0.3) is 6.08 Å². The highest BCUT2D eigenvalue weighted by molar-refractivity contribution is 6.52. The van der Waals surface area contributed by atoms with Gasteiger partial charge in [-0.15, -0.1) is 0 Å². The average molecular weight is 301 g/mol. The summed E-state index contributed by atoms with van der Waals surface area (Å²) in [6.45, 7) is 1.95. The van der Waals surface area contributed by atoms with Gasteiger partial charge in [-0.05, 0) is 30.7 Å². The molecule has 0 N–H and O–H groups in total. The highest BCUT2D eigenvalue weighted by atomic mass is 16.5. The Labute approximate surface area is 129 Å². The minimum atomic E-state index is -0.587. The maximum Gasteiger partial charge on any atom is 0.359 e. The van der Waals surface area contributed by atoms with Crippen molar-refractivity contribution in [3.05, 3.63) is 35.4 Å². The summed E-state index contributed by atoms with van der Waals surface area (Å²) >= 11 is 0. The number of anilines is 1. The van der Waals surface area contributed by atoms with E-state index in [9.17, 15) is 9.59 Å². The van der Waals surface area contributed by atoms with Crippen LogP contribution in [0.1, 0.15) is 12.5 Å². The van der Waals surface area contributed by atoms with E-state index in [2.05, 4.69) is 5.10 Å². The molecule has 0 radical (unpaired) electrons. The molecule has 1 aliphatic heterocycles. The van der Waals surface area contributed by atoms with E-state index in [1.54, 1.807) is 13.0 Å². The van der Waals surface area contributed by atoms with Crippen LogP contribution in [0, 0.1) is 0 Å². The standard InChI is InChI=1S/C16H19N3O3/c1-5-22-16(21)14-13(15(20)19(4)17-14)10-11-6-8-12(9-7-11)18(2)3/h6-10H,5H2,1-4H3. The predicted octanol–water partition coefficient (Wildman–Crippen LogP) is 1.53. The second kappa shape index (κ2) is 6.43. The van der Waals surface area contributed by atoms with Crippen LogP contribution in [-0.2, 0) is 14.3 Å². The van der Waals surface area contributed by atoms with Crippen LogP contribution in [0.3, 0.4) is 0 Å². The highest BCUT2D eigenvalue weighted by Crippen LogP contribution is 2.20. The summed E-state index contributed by atoms with van der Waals surface area (Å²) in [7, 11) is 5.42. The van der Waals surface area contributed by atoms with Crippen molar-refractivity contribution < 1.29 is 14.3 Å². The van der Waals surface area contributed by atoms with Crippen LogP contribution in [0.15, 0.2) is 34.9 Å². The molecule has 6 nitrogen and oxygen atoms in total. The molecule has 22 heavy (non-hydrogen) atoms. The van der Waals surface area contributed by atoms with Crippen LogP contribution in [0.5, 0.6) is 0 Å². The fourth-order valence-corrected chi connectivity index (χ4v) is 2.04. The lowest BCUT2D eigenvalue weighted by Gasteiger charge is -2.12. The van der Waals surface area contributed by atoms with Gasteiger partial charge in [-0.2, -0.15) is 5.10 Å². The van der Waals surface area contributed by atoms with Crippen molar-refractivity contribution in [3.63, 3.8) is 0 Å². The maximum absolute atomic E-state index is 12.1. The van der Waals surface area contributed by atoms with Crippen molar-refractivity contribution >= 4 is 29.4 Å². The van der Waals surface area contributed by atoms with Gasteiger partial charge in [0.1, 0.15) is 0 Å². The van der Waals surface area contributed by atoms with Gasteiger partial charge in [0, 0.05) is 26.8 Å². The molecule has 0 aromatic heterocycles. The van der Waals surface area contributed by atoms with Crippen LogP contribution < -0.4 is 4.90 Å². The summed E-state index contributed by atoms with van der Waals surface area (Å²) in [5, 5.41) is 5.11. The molecule has 0 atom stereocenters. The SMILES string of the molecule is CCOC(=O)C1=NN(C)C(=O)C1=Cc1ccc(N(C)C)cc1. The van der Waals surface area contributed by atoms with E-state index in [4.69, 9.17) is 4.74 Å². The van der Waals surface area contributed by atoms with Crippen molar-refractivity contribution in [1.29, 1.82) is 0 Å². The summed E-state index contributed by atoms with van der Waals surface area (Å²) in [4.78, 5) is 26.0. The first-order valence-electron chi connectivity index (χ1n) is 6.97. The van der Waals surface area contributed by atoms with Crippen LogP contribution in [0.2, 0.25) is 0 Å². The molecule has 0 aliphatic carbocycles. The van der Waals surface area contributed by atoms with Gasteiger partial charge in [-0.25, -0.2) is 9.80 Å². The Morgan fingerprint density at radius 3 is 2.50 bits per heavy atom. The zero-order valence-corrected chi connectivity index (χ0v) is 13.2. The van der Waals surface area contributed by atoms with Gasteiger partial charge in [0.15, 0.2) is 5.71 Å². The number of hydrogen-bond acceptors (Lipinski definition) is 5. The Morgan fingerprint density at radius 1 is 1.32 bits per heavy atom. The first-order chi connectivity index (χ1) is 10.4. The lowest BCUT2D eigenvalue weighted by molar-refractivity contribution is -0.135. The molecule has 116 valence electrons. The first kappa shape index (κ1) is 15.8. The van der Waals surface area contributed by atoms with E-state index < -0.39 is 5.97 Å². The molecule has 0 spiro atoms. The lowest BCUT2D eigenvalue weighted by Crippen LogP contribution is -2.21. The second-order valence-corrected chi connectivity index (χ2v) is 5.04. The predicted molar refractivity (Wildman–Crippen MR) is 85.6 cm³/mol. The van der Waals surface area contributed by atoms with E-state index in [-0.39, 0.29) is 23.8 Å². The zero-order chi connectivity index (χ0) is 16.3. The molecule has 6 heteroatoms. The topological polar surface area (TPSA) is 62.2 Å². The van der Waals surface area contributed by atoms with Crippen molar-refractivity contribution in [2.24, 2.45) is 5.10 Å². The molecule has 0 saturated heterocycles. The number of hydrogen-bond donors (Lipinski definition) is 0. The number of rotatable bonds is 4. The molecular weight excluding hydrogens is 282 g/mol. The maximum atomic E-state index is 12.1. The molecule has 1 aromatic carbocycles. The molecule has 1 heterocycles. The molecule has 0 bridgehead atoms. The van der Waals surface area contributed by atoms with E-state index in [0.29, 0.717) is 0 Å². The normalized spacial score (nSPS) is 16.0. The molecule has 1 amide bonds. The Kier molecular flexibility index (Phi) is 4.60. The number of esters is 1. The fourth-order valence-electron chi connectivity index (χ4n) is 2.04. The Hall–Kier alpha value is -2.63. The minimum absolute atomic E-state index is 0.0473. The third kappa shape index (κ3) is 3.16. The van der Waals surface area contributed by atoms with E-state index in [0.717, 1.165) is 16.3 Å². The Bertz CT molecular complexity index is 645. The number of carbonyl (C=O) groups excluding carboxylic acids is 2. The monoisotopic (exact) mass is 301 g/mol. The summed E-state index contributed by atoms with van der Waals surface area (Å²) < 4.78 is 4.94. The lowest BCUT2D eigenvalue weighted by atomic mass is 10.1. The largest absolute Gasteiger partial charge is 0.461 e. The number of likely N-dealkylation sites (N-methyl/N-ethyl adjacent to an activating group) is 1. The van der Waals surface area contributed by atoms with Gasteiger partial charge < -0.3 is 9.64 Å². The molecule has 0 unspecified atom stereocenters. The van der Waals surface area contributed by atoms with E-state index in [1.807, 2.05) is 43.3 Å². The minimum Gasteiger partial charge on any atom is -0.461 e. The van der Waals surface area contributed by atoms with Gasteiger partial charge >= 0.3 is 5.97 Å². The third-order valence-corrected chi connectivity index (χ3v) is 3.22. The number of carbonyl (C=O) groups is 2. The third-order valence-electron chi connectivity index (χ3n) is 3.22. The molecular formula is C16H19N3O3. The molecule has 0 saturated carbocycles. The van der Waals surface area contributed by atoms with Crippen LogP contribution >= 0.6 is 0 Å². The second-order valence-electron chi connectivity index (χ2n) is 5.04. The molecule has 1 aliphatic rings. The number of nitrogens with zero attached hydrogens (tertiary/aromatic N) is 3. The number of hydrazone groups is 1. The molecule has 0 fully saturated rings. The van der Waals surface area contributed by atoms with Crippen LogP contribution in [0.4, 0.5) is 5.69 Å². The number of amides is 1. The van der Waals surface area contributed by atoms with Gasteiger partial charge in [0.05, 0.1) is 12.2 Å². The van der Waals surface area contributed by atoms with Crippen molar-refractivity contribution in [3.8, 4) is 0 Å². The van der Waals surface area contributed by atoms with Crippen molar-refractivity contribution in [1.82, 2.24) is 5.01 Å². The van der Waals surface area contributed by atoms with E-state index in [1.165, 1.54) is 7.05 Å². The average Bonchev–Trinajstić information content (AvgIpc) is 2.76. The van der Waals surface area contributed by atoms with Gasteiger partial charge in [0.2, 0.25) is 0 Å². The molecule has 1 aromatic rings. The first-order valence-corrected chi connectivity index (χ1v) is 6.97. The fraction of sp³-hybridized carbons (Fsp3) is 0.312. The number of benzene rings is 1. The number of ether oxygens (including phenoxy) is 1. The van der Waals surface area contributed by atoms with E-state index >= 15 is 0 Å². The Balaban J connectivity index is 2.33. The van der Waals surface area contributed by atoms with Crippen molar-refractivity contribution in [2.45, 2.75) is 6.92 Å². The molecule has 2 rings (SSSR count). The summed E-state index contributed by atoms with van der Waals surface area (Å²) in [5.74, 6) is -0.906. The summed E-state index contributed by atoms with van der Waals surface area (Å²) in [6.07, 6.45) is 1.65. The Morgan fingerprint density at radius 2 is 1.95 bits per heavy atom. The van der Waals surface area contributed by atoms with Gasteiger partial charge in [-0.3, -0.25) is 4.79 Å².